The lowest BCUT2D eigenvalue weighted by Crippen LogP contribution is -1.95. The Hall–Kier alpha value is 0.220. The predicted molar refractivity (Wildman–Crippen MR) is 93.2 cm³/mol. The fourth-order valence-electron chi connectivity index (χ4n) is 2.57. The molecule has 0 radical (unpaired) electrons. The molecule has 0 bridgehead atoms. The maximum atomic E-state index is 3.77. The summed E-state index contributed by atoms with van der Waals surface area (Å²) >= 11 is 3.49. The van der Waals surface area contributed by atoms with E-state index >= 15 is 0 Å². The van der Waals surface area contributed by atoms with Crippen molar-refractivity contribution in [3.63, 3.8) is 0 Å². The molecule has 0 aliphatic carbocycles. The number of alkyl halides is 1. The smallest absolute Gasteiger partial charge is 0.00313 e. The van der Waals surface area contributed by atoms with E-state index in [9.17, 15) is 0 Å². The van der Waals surface area contributed by atoms with Crippen LogP contribution in [0.4, 0.5) is 0 Å². The second kappa shape index (κ2) is 16.3. The van der Waals surface area contributed by atoms with Crippen LogP contribution >= 0.6 is 15.9 Å². The molecule has 0 saturated carbocycles. The van der Waals surface area contributed by atoms with Crippen LogP contribution in [-0.2, 0) is 0 Å². The van der Waals surface area contributed by atoms with Crippen molar-refractivity contribution < 1.29 is 0 Å². The summed E-state index contributed by atoms with van der Waals surface area (Å²) in [5.74, 6) is 0.942. The maximum Gasteiger partial charge on any atom is 0.00313 e. The molecule has 0 saturated heterocycles. The van der Waals surface area contributed by atoms with Gasteiger partial charge in [-0.2, -0.15) is 0 Å². The highest BCUT2D eigenvalue weighted by Crippen LogP contribution is 2.18. The van der Waals surface area contributed by atoms with E-state index in [-0.39, 0.29) is 0 Å². The van der Waals surface area contributed by atoms with E-state index in [2.05, 4.69) is 29.4 Å². The van der Waals surface area contributed by atoms with Gasteiger partial charge in [0.1, 0.15) is 0 Å². The molecule has 0 rings (SSSR count). The molecule has 0 amide bonds. The molecule has 1 atom stereocenters. The van der Waals surface area contributed by atoms with Crippen LogP contribution in [0.1, 0.15) is 90.4 Å². The van der Waals surface area contributed by atoms with Gasteiger partial charge in [-0.05, 0) is 25.2 Å². The Morgan fingerprint density at radius 1 is 0.789 bits per heavy atom. The van der Waals surface area contributed by atoms with Crippen molar-refractivity contribution in [2.45, 2.75) is 90.4 Å². The second-order valence-electron chi connectivity index (χ2n) is 5.98. The Morgan fingerprint density at radius 3 is 1.79 bits per heavy atom. The third-order valence-electron chi connectivity index (χ3n) is 3.94. The fourth-order valence-corrected chi connectivity index (χ4v) is 2.97. The highest BCUT2D eigenvalue weighted by molar-refractivity contribution is 9.09. The van der Waals surface area contributed by atoms with Crippen LogP contribution in [0.25, 0.3) is 0 Å². The molecule has 114 valence electrons. The van der Waals surface area contributed by atoms with Gasteiger partial charge in [-0.3, -0.25) is 0 Å². The summed E-state index contributed by atoms with van der Waals surface area (Å²) < 4.78 is 0. The summed E-state index contributed by atoms with van der Waals surface area (Å²) in [6, 6.07) is 0. The van der Waals surface area contributed by atoms with Gasteiger partial charge in [0.05, 0.1) is 0 Å². The molecule has 0 aromatic carbocycles. The van der Waals surface area contributed by atoms with Crippen molar-refractivity contribution in [1.29, 1.82) is 0 Å². The van der Waals surface area contributed by atoms with Crippen LogP contribution in [0.3, 0.4) is 0 Å². The van der Waals surface area contributed by atoms with Crippen LogP contribution in [-0.4, -0.2) is 5.33 Å². The second-order valence-corrected chi connectivity index (χ2v) is 6.78. The molecule has 0 nitrogen and oxygen atoms in total. The number of hydrogen-bond donors (Lipinski definition) is 0. The molecule has 0 aromatic heterocycles. The zero-order valence-corrected chi connectivity index (χ0v) is 14.7. The Labute approximate surface area is 130 Å². The minimum absolute atomic E-state index is 0.942. The summed E-state index contributed by atoms with van der Waals surface area (Å²) in [7, 11) is 0. The van der Waals surface area contributed by atoms with Crippen LogP contribution < -0.4 is 0 Å². The first-order chi connectivity index (χ1) is 9.31. The average molecular weight is 331 g/mol. The van der Waals surface area contributed by atoms with Gasteiger partial charge in [0.25, 0.3) is 0 Å². The van der Waals surface area contributed by atoms with Crippen molar-refractivity contribution >= 4 is 15.9 Å². The van der Waals surface area contributed by atoms with Gasteiger partial charge >= 0.3 is 0 Å². The first-order valence-corrected chi connectivity index (χ1v) is 9.60. The normalized spacial score (nSPS) is 12.5. The highest BCUT2D eigenvalue weighted by Gasteiger charge is 2.01. The largest absolute Gasteiger partial charge is 0.103 e. The molecule has 19 heavy (non-hydrogen) atoms. The predicted octanol–water partition coefficient (Wildman–Crippen LogP) is 7.27. The maximum absolute atomic E-state index is 3.77. The first-order valence-electron chi connectivity index (χ1n) is 8.48. The molecule has 1 heteroatoms. The molecule has 0 aromatic rings. The van der Waals surface area contributed by atoms with Crippen molar-refractivity contribution in [2.24, 2.45) is 5.92 Å². The Bertz CT molecular complexity index is 177. The van der Waals surface area contributed by atoms with Crippen LogP contribution in [0.2, 0.25) is 0 Å². The number of halogens is 1. The van der Waals surface area contributed by atoms with Crippen molar-refractivity contribution in [3.8, 4) is 0 Å². The third-order valence-corrected chi connectivity index (χ3v) is 4.50. The van der Waals surface area contributed by atoms with Gasteiger partial charge < -0.3 is 0 Å². The van der Waals surface area contributed by atoms with E-state index in [0.29, 0.717) is 0 Å². The summed E-state index contributed by atoms with van der Waals surface area (Å²) in [6.07, 6.45) is 20.3. The van der Waals surface area contributed by atoms with Crippen LogP contribution in [0, 0.1) is 5.92 Å². The zero-order valence-electron chi connectivity index (χ0n) is 13.1. The Kier molecular flexibility index (Phi) is 16.5. The summed E-state index contributed by atoms with van der Waals surface area (Å²) in [6.45, 7) is 6.21. The molecule has 0 aliphatic rings. The van der Waals surface area contributed by atoms with Gasteiger partial charge in [-0.1, -0.05) is 93.1 Å². The fraction of sp³-hybridized carbons (Fsp3) is 0.889. The van der Waals surface area contributed by atoms with E-state index in [1.807, 2.05) is 6.08 Å². The van der Waals surface area contributed by atoms with Crippen molar-refractivity contribution in [1.82, 2.24) is 0 Å². The topological polar surface area (TPSA) is 0 Å². The molecule has 0 fully saturated rings. The lowest BCUT2D eigenvalue weighted by molar-refractivity contribution is 0.434. The Balaban J connectivity index is 3.11. The van der Waals surface area contributed by atoms with Crippen molar-refractivity contribution in [3.05, 3.63) is 12.7 Å². The van der Waals surface area contributed by atoms with Gasteiger partial charge in [0, 0.05) is 5.33 Å². The van der Waals surface area contributed by atoms with Crippen LogP contribution in [0.5, 0.6) is 0 Å². The quantitative estimate of drug-likeness (QED) is 0.168. The number of unbranched alkanes of at least 4 members (excludes halogenated alkanes) is 9. The van der Waals surface area contributed by atoms with Gasteiger partial charge in [0.2, 0.25) is 0 Å². The summed E-state index contributed by atoms with van der Waals surface area (Å²) in [4.78, 5) is 0. The summed E-state index contributed by atoms with van der Waals surface area (Å²) in [5, 5.41) is 1.18. The van der Waals surface area contributed by atoms with Gasteiger partial charge in [-0.25, -0.2) is 0 Å². The SMILES string of the molecule is C=CCCCCC[C@@H](C)CCCCCCCCCBr. The monoisotopic (exact) mass is 330 g/mol. The third kappa shape index (κ3) is 16.2. The zero-order chi connectivity index (χ0) is 14.2. The molecule has 0 aliphatic heterocycles. The Morgan fingerprint density at radius 2 is 1.26 bits per heavy atom. The van der Waals surface area contributed by atoms with E-state index in [0.717, 1.165) is 5.92 Å². The molecule has 0 unspecified atom stereocenters. The molecule has 0 spiro atoms. The lowest BCUT2D eigenvalue weighted by atomic mass is 9.96. The van der Waals surface area contributed by atoms with Crippen LogP contribution in [0.15, 0.2) is 12.7 Å². The molecule has 0 heterocycles. The highest BCUT2D eigenvalue weighted by atomic mass is 79.9. The molecular weight excluding hydrogens is 296 g/mol. The standard InChI is InChI=1S/C18H35Br/c1-3-4-5-9-12-15-18(2)16-13-10-7-6-8-11-14-17-19/h3,18H,1,4-17H2,2H3/t18-/m1/s1. The van der Waals surface area contributed by atoms with Gasteiger partial charge in [-0.15, -0.1) is 6.58 Å². The van der Waals surface area contributed by atoms with Gasteiger partial charge in [0.15, 0.2) is 0 Å². The van der Waals surface area contributed by atoms with E-state index in [4.69, 9.17) is 0 Å². The minimum Gasteiger partial charge on any atom is -0.103 e. The van der Waals surface area contributed by atoms with E-state index in [1.54, 1.807) is 0 Å². The summed E-state index contributed by atoms with van der Waals surface area (Å²) in [5.41, 5.74) is 0. The number of hydrogen-bond acceptors (Lipinski definition) is 0. The molecular formula is C18H35Br. The van der Waals surface area contributed by atoms with E-state index < -0.39 is 0 Å². The van der Waals surface area contributed by atoms with E-state index in [1.165, 1.54) is 88.8 Å². The number of allylic oxidation sites excluding steroid dienone is 1. The minimum atomic E-state index is 0.942. The lowest BCUT2D eigenvalue weighted by Gasteiger charge is -2.10. The first kappa shape index (κ1) is 19.2. The average Bonchev–Trinajstić information content (AvgIpc) is 2.41. The van der Waals surface area contributed by atoms with Crippen molar-refractivity contribution in [2.75, 3.05) is 5.33 Å². The molecule has 0 N–H and O–H groups in total. The number of rotatable bonds is 15.